The van der Waals surface area contributed by atoms with Crippen molar-refractivity contribution in [3.05, 3.63) is 42.0 Å². The van der Waals surface area contributed by atoms with Crippen LogP contribution in [0, 0.1) is 0 Å². The third-order valence-electron chi connectivity index (χ3n) is 3.29. The molecule has 1 aliphatic heterocycles. The van der Waals surface area contributed by atoms with Crippen molar-refractivity contribution in [2.45, 2.75) is 32.8 Å². The van der Waals surface area contributed by atoms with Crippen LogP contribution in [-0.4, -0.2) is 30.9 Å². The molecular weight excluding hydrogens is 280 g/mol. The molecule has 1 aliphatic rings. The number of nitrogens with one attached hydrogen (secondary N) is 1. The van der Waals surface area contributed by atoms with Crippen LogP contribution < -0.4 is 10.1 Å². The van der Waals surface area contributed by atoms with Gasteiger partial charge in [-0.15, -0.1) is 0 Å². The summed E-state index contributed by atoms with van der Waals surface area (Å²) in [7, 11) is 0. The second-order valence-electron chi connectivity index (χ2n) is 5.42. The maximum absolute atomic E-state index is 12.1. The van der Waals surface area contributed by atoms with Crippen LogP contribution >= 0.6 is 0 Å². The molecule has 0 bridgehead atoms. The zero-order valence-corrected chi connectivity index (χ0v) is 13.1. The molecule has 1 aromatic carbocycles. The number of oxime groups is 1. The predicted molar refractivity (Wildman–Crippen MR) is 86.3 cm³/mol. The Labute approximate surface area is 131 Å². The molecule has 1 heterocycles. The SMILES string of the molecule is C=C(C)COc1ccc(C(=O)NCC2CC(CC)=NO2)cc1. The number of nitrogens with zero attached hydrogens (tertiary/aromatic N) is 1. The summed E-state index contributed by atoms with van der Waals surface area (Å²) in [5.74, 6) is 0.597. The first-order valence-electron chi connectivity index (χ1n) is 7.45. The molecular formula is C17H22N2O3. The van der Waals surface area contributed by atoms with Gasteiger partial charge in [0.2, 0.25) is 0 Å². The molecule has 22 heavy (non-hydrogen) atoms. The highest BCUT2D eigenvalue weighted by molar-refractivity contribution is 5.94. The molecule has 0 radical (unpaired) electrons. The molecule has 5 heteroatoms. The number of hydrogen-bond acceptors (Lipinski definition) is 4. The van der Waals surface area contributed by atoms with Gasteiger partial charge in [-0.2, -0.15) is 0 Å². The van der Waals surface area contributed by atoms with Crippen molar-refractivity contribution in [2.75, 3.05) is 13.2 Å². The van der Waals surface area contributed by atoms with Crippen LogP contribution in [0.3, 0.4) is 0 Å². The number of hydrogen-bond donors (Lipinski definition) is 1. The quantitative estimate of drug-likeness (QED) is 0.788. The summed E-state index contributed by atoms with van der Waals surface area (Å²) in [5, 5.41) is 6.84. The second-order valence-corrected chi connectivity index (χ2v) is 5.42. The number of carbonyl (C=O) groups excluding carboxylic acids is 1. The fraction of sp³-hybridized carbons (Fsp3) is 0.412. The predicted octanol–water partition coefficient (Wildman–Crippen LogP) is 2.93. The lowest BCUT2D eigenvalue weighted by Crippen LogP contribution is -2.32. The third-order valence-corrected chi connectivity index (χ3v) is 3.29. The van der Waals surface area contributed by atoms with Gasteiger partial charge in [0.25, 0.3) is 5.91 Å². The minimum atomic E-state index is -0.125. The van der Waals surface area contributed by atoms with Crippen LogP contribution in [0.1, 0.15) is 37.0 Å². The lowest BCUT2D eigenvalue weighted by molar-refractivity contribution is 0.0753. The lowest BCUT2D eigenvalue weighted by atomic mass is 10.1. The number of benzene rings is 1. The van der Waals surface area contributed by atoms with Gasteiger partial charge in [0, 0.05) is 12.0 Å². The van der Waals surface area contributed by atoms with Gasteiger partial charge in [-0.3, -0.25) is 4.79 Å². The summed E-state index contributed by atoms with van der Waals surface area (Å²) in [5.41, 5.74) is 2.59. The van der Waals surface area contributed by atoms with Crippen LogP contribution in [0.15, 0.2) is 41.6 Å². The van der Waals surface area contributed by atoms with Gasteiger partial charge in [-0.05, 0) is 43.2 Å². The minimum absolute atomic E-state index is 0.0583. The van der Waals surface area contributed by atoms with Crippen molar-refractivity contribution in [1.29, 1.82) is 0 Å². The first-order valence-corrected chi connectivity index (χ1v) is 7.45. The Balaban J connectivity index is 1.79. The Morgan fingerprint density at radius 1 is 1.45 bits per heavy atom. The van der Waals surface area contributed by atoms with E-state index in [-0.39, 0.29) is 12.0 Å². The van der Waals surface area contributed by atoms with Crippen LogP contribution in [-0.2, 0) is 4.84 Å². The Hall–Kier alpha value is -2.30. The van der Waals surface area contributed by atoms with Crippen molar-refractivity contribution >= 4 is 11.6 Å². The van der Waals surface area contributed by atoms with Gasteiger partial charge in [-0.25, -0.2) is 0 Å². The Morgan fingerprint density at radius 3 is 2.77 bits per heavy atom. The van der Waals surface area contributed by atoms with E-state index in [1.807, 2.05) is 13.8 Å². The molecule has 0 aromatic heterocycles. The highest BCUT2D eigenvalue weighted by atomic mass is 16.6. The molecule has 0 saturated carbocycles. The molecule has 1 aromatic rings. The van der Waals surface area contributed by atoms with E-state index in [0.29, 0.717) is 18.7 Å². The van der Waals surface area contributed by atoms with E-state index in [2.05, 4.69) is 17.1 Å². The van der Waals surface area contributed by atoms with Crippen molar-refractivity contribution in [2.24, 2.45) is 5.16 Å². The molecule has 1 atom stereocenters. The molecule has 0 fully saturated rings. The van der Waals surface area contributed by atoms with Gasteiger partial charge < -0.3 is 14.9 Å². The molecule has 0 spiro atoms. The molecule has 5 nitrogen and oxygen atoms in total. The monoisotopic (exact) mass is 302 g/mol. The average Bonchev–Trinajstić information content (AvgIpc) is 2.99. The normalized spacial score (nSPS) is 16.6. The minimum Gasteiger partial charge on any atom is -0.489 e. The topological polar surface area (TPSA) is 59.9 Å². The Morgan fingerprint density at radius 2 is 2.18 bits per heavy atom. The standard InChI is InChI=1S/C17H22N2O3/c1-4-14-9-16(22-19-14)10-18-17(20)13-5-7-15(8-6-13)21-11-12(2)3/h5-8,16H,2,4,9-11H2,1,3H3,(H,18,20). The van der Waals surface area contributed by atoms with Crippen LogP contribution in [0.4, 0.5) is 0 Å². The van der Waals surface area contributed by atoms with Gasteiger partial charge in [0.05, 0.1) is 12.3 Å². The summed E-state index contributed by atoms with van der Waals surface area (Å²) in [6.45, 7) is 8.66. The fourth-order valence-electron chi connectivity index (χ4n) is 2.02. The highest BCUT2D eigenvalue weighted by Gasteiger charge is 2.20. The van der Waals surface area contributed by atoms with Crippen molar-refractivity contribution in [3.8, 4) is 5.75 Å². The van der Waals surface area contributed by atoms with E-state index in [9.17, 15) is 4.79 Å². The summed E-state index contributed by atoms with van der Waals surface area (Å²) in [6, 6.07) is 7.05. The molecule has 0 saturated heterocycles. The van der Waals surface area contributed by atoms with Crippen molar-refractivity contribution < 1.29 is 14.4 Å². The van der Waals surface area contributed by atoms with E-state index >= 15 is 0 Å². The lowest BCUT2D eigenvalue weighted by Gasteiger charge is -2.10. The number of ether oxygens (including phenoxy) is 1. The van der Waals surface area contributed by atoms with Gasteiger partial charge in [0.1, 0.15) is 18.5 Å². The van der Waals surface area contributed by atoms with Crippen molar-refractivity contribution in [3.63, 3.8) is 0 Å². The average molecular weight is 302 g/mol. The highest BCUT2D eigenvalue weighted by Crippen LogP contribution is 2.14. The van der Waals surface area contributed by atoms with Crippen molar-refractivity contribution in [1.82, 2.24) is 5.32 Å². The van der Waals surface area contributed by atoms with E-state index in [1.54, 1.807) is 24.3 Å². The molecule has 1 unspecified atom stereocenters. The summed E-state index contributed by atoms with van der Waals surface area (Å²) >= 11 is 0. The number of amides is 1. The number of carbonyl (C=O) groups is 1. The summed E-state index contributed by atoms with van der Waals surface area (Å²) in [6.07, 6.45) is 1.61. The smallest absolute Gasteiger partial charge is 0.251 e. The molecule has 0 aliphatic carbocycles. The van der Waals surface area contributed by atoms with Gasteiger partial charge in [-0.1, -0.05) is 18.7 Å². The summed E-state index contributed by atoms with van der Waals surface area (Å²) < 4.78 is 5.50. The van der Waals surface area contributed by atoms with Crippen LogP contribution in [0.2, 0.25) is 0 Å². The van der Waals surface area contributed by atoms with E-state index in [1.165, 1.54) is 0 Å². The summed E-state index contributed by atoms with van der Waals surface area (Å²) in [4.78, 5) is 17.3. The van der Waals surface area contributed by atoms with Crippen LogP contribution in [0.25, 0.3) is 0 Å². The molecule has 1 N–H and O–H groups in total. The van der Waals surface area contributed by atoms with Crippen LogP contribution in [0.5, 0.6) is 5.75 Å². The first kappa shape index (κ1) is 16.1. The molecule has 1 amide bonds. The molecule has 2 rings (SSSR count). The maximum atomic E-state index is 12.1. The van der Waals surface area contributed by atoms with Gasteiger partial charge >= 0.3 is 0 Å². The third kappa shape index (κ3) is 4.62. The molecule has 118 valence electrons. The fourth-order valence-corrected chi connectivity index (χ4v) is 2.02. The second kappa shape index (κ2) is 7.64. The van der Waals surface area contributed by atoms with Gasteiger partial charge in [0.15, 0.2) is 0 Å². The zero-order valence-electron chi connectivity index (χ0n) is 13.1. The Kier molecular flexibility index (Phi) is 5.58. The van der Waals surface area contributed by atoms with E-state index in [4.69, 9.17) is 9.57 Å². The maximum Gasteiger partial charge on any atom is 0.251 e. The van der Waals surface area contributed by atoms with E-state index < -0.39 is 0 Å². The Bertz CT molecular complexity index is 564. The van der Waals surface area contributed by atoms with E-state index in [0.717, 1.165) is 29.9 Å². The zero-order chi connectivity index (χ0) is 15.9. The largest absolute Gasteiger partial charge is 0.489 e. The number of rotatable bonds is 7. The first-order chi connectivity index (χ1) is 10.6.